The van der Waals surface area contributed by atoms with Gasteiger partial charge in [0.25, 0.3) is 0 Å². The number of carboxylic acid groups (broad SMARTS) is 5. The summed E-state index contributed by atoms with van der Waals surface area (Å²) in [7, 11) is 0. The lowest BCUT2D eigenvalue weighted by Crippen LogP contribution is -2.59. The molecule has 29 heteroatoms. The second-order valence-corrected chi connectivity index (χ2v) is 16.9. The third kappa shape index (κ3) is 25.3. The highest BCUT2D eigenvalue weighted by Crippen LogP contribution is 2.15. The zero-order valence-corrected chi connectivity index (χ0v) is 40.0. The third-order valence-corrected chi connectivity index (χ3v) is 10.5. The molecule has 1 aromatic rings. The molecule has 0 aromatic heterocycles. The van der Waals surface area contributed by atoms with Gasteiger partial charge in [0.15, 0.2) is 5.96 Å². The van der Waals surface area contributed by atoms with Crippen molar-refractivity contribution in [1.29, 1.82) is 5.41 Å². The molecule has 0 aliphatic carbocycles. The van der Waals surface area contributed by atoms with E-state index in [9.17, 15) is 68.1 Å². The van der Waals surface area contributed by atoms with E-state index < -0.39 is 135 Å². The Hall–Kier alpha value is -7.66. The van der Waals surface area contributed by atoms with Gasteiger partial charge in [0.2, 0.25) is 35.4 Å². The Kier molecular flexibility index (Phi) is 26.5. The molecule has 15 N–H and O–H groups in total. The van der Waals surface area contributed by atoms with Gasteiger partial charge in [-0.05, 0) is 42.9 Å². The highest BCUT2D eigenvalue weighted by molar-refractivity contribution is 5.98. The van der Waals surface area contributed by atoms with Crippen LogP contribution >= 0.6 is 0 Å². The van der Waals surface area contributed by atoms with Crippen LogP contribution in [0.3, 0.4) is 0 Å². The van der Waals surface area contributed by atoms with Crippen molar-refractivity contribution in [3.63, 3.8) is 0 Å². The number of carbonyl (C=O) groups is 11. The number of hydrogen-bond acceptors (Lipinski definition) is 16. The fourth-order valence-corrected chi connectivity index (χ4v) is 6.99. The lowest BCUT2D eigenvalue weighted by atomic mass is 9.99. The van der Waals surface area contributed by atoms with Crippen LogP contribution in [0.15, 0.2) is 24.3 Å². The molecule has 2 rings (SSSR count). The van der Waals surface area contributed by atoms with Gasteiger partial charge in [-0.2, -0.15) is 0 Å². The smallest absolute Gasteiger partial charge is 0.317 e. The lowest BCUT2D eigenvalue weighted by molar-refractivity contribution is -0.143. The van der Waals surface area contributed by atoms with Gasteiger partial charge in [-0.15, -0.1) is 0 Å². The summed E-state index contributed by atoms with van der Waals surface area (Å²) in [6.07, 6.45) is -0.513. The summed E-state index contributed by atoms with van der Waals surface area (Å²) in [5, 5.41) is 71.4. The van der Waals surface area contributed by atoms with Crippen LogP contribution in [0.4, 0.5) is 0 Å². The zero-order chi connectivity index (χ0) is 53.9. The monoisotopic (exact) mass is 1020 g/mol. The predicted molar refractivity (Wildman–Crippen MR) is 250 cm³/mol. The van der Waals surface area contributed by atoms with Gasteiger partial charge in [0.1, 0.15) is 29.9 Å². The maximum Gasteiger partial charge on any atom is 0.317 e. The minimum atomic E-state index is -1.68. The average Bonchev–Trinajstić information content (AvgIpc) is 3.27. The Morgan fingerprint density at radius 3 is 1.71 bits per heavy atom. The van der Waals surface area contributed by atoms with Crippen LogP contribution in [0.5, 0.6) is 5.75 Å². The van der Waals surface area contributed by atoms with Crippen molar-refractivity contribution in [2.75, 3.05) is 85.1 Å². The highest BCUT2D eigenvalue weighted by atomic mass is 16.5. The number of carboxylic acids is 5. The van der Waals surface area contributed by atoms with Crippen molar-refractivity contribution < 1.29 is 83.0 Å². The Balaban J connectivity index is 2.11. The summed E-state index contributed by atoms with van der Waals surface area (Å²) >= 11 is 0. The number of rotatable bonds is 30. The van der Waals surface area contributed by atoms with Gasteiger partial charge in [-0.1, -0.05) is 26.0 Å². The molecule has 4 atom stereocenters. The number of ether oxygens (including phenoxy) is 1. The molecular formula is C43H66N12O17. The molecular weight excluding hydrogens is 957 g/mol. The molecule has 0 saturated carbocycles. The number of amides is 6. The molecule has 1 aromatic carbocycles. The highest BCUT2D eigenvalue weighted by Gasteiger charge is 2.34. The Labute approximate surface area is 413 Å². The zero-order valence-electron chi connectivity index (χ0n) is 40.0. The molecule has 72 heavy (non-hydrogen) atoms. The number of aliphatic carboxylic acids is 5. The molecule has 0 spiro atoms. The molecule has 1 heterocycles. The fraction of sp³-hybridized carbons (Fsp3) is 0.581. The Bertz CT molecular complexity index is 2060. The maximum absolute atomic E-state index is 13.9. The molecule has 29 nitrogen and oxygen atoms in total. The van der Waals surface area contributed by atoms with Crippen molar-refractivity contribution in [2.24, 2.45) is 11.7 Å². The number of nitrogens with zero attached hydrogens (tertiary/aromatic N) is 3. The van der Waals surface area contributed by atoms with E-state index in [4.69, 9.17) is 26.1 Å². The first-order valence-corrected chi connectivity index (χ1v) is 22.7. The summed E-state index contributed by atoms with van der Waals surface area (Å²) in [4.78, 5) is 141. The summed E-state index contributed by atoms with van der Waals surface area (Å²) < 4.78 is 5.78. The van der Waals surface area contributed by atoms with E-state index in [2.05, 4.69) is 37.2 Å². The molecule has 1 saturated heterocycles. The summed E-state index contributed by atoms with van der Waals surface area (Å²) in [6, 6.07) is 0.728. The first-order valence-electron chi connectivity index (χ1n) is 22.7. The Morgan fingerprint density at radius 1 is 0.653 bits per heavy atom. The van der Waals surface area contributed by atoms with E-state index >= 15 is 0 Å². The van der Waals surface area contributed by atoms with Crippen LogP contribution in [0.25, 0.3) is 0 Å². The topological polar surface area (TPSA) is 442 Å². The second-order valence-electron chi connectivity index (χ2n) is 16.9. The normalized spacial score (nSPS) is 17.9. The van der Waals surface area contributed by atoms with Gasteiger partial charge in [0, 0.05) is 45.7 Å². The van der Waals surface area contributed by atoms with E-state index in [0.29, 0.717) is 11.3 Å². The van der Waals surface area contributed by atoms with E-state index in [0.717, 1.165) is 4.90 Å². The predicted octanol–water partition coefficient (Wildman–Crippen LogP) is -5.18. The minimum absolute atomic E-state index is 0.0252. The van der Waals surface area contributed by atoms with Crippen LogP contribution in [-0.2, 0) is 59.2 Å². The van der Waals surface area contributed by atoms with Crippen molar-refractivity contribution in [1.82, 2.24) is 51.9 Å². The first-order chi connectivity index (χ1) is 33.9. The average molecular weight is 1020 g/mol. The van der Waals surface area contributed by atoms with Crippen LogP contribution in [-0.4, -0.2) is 221 Å². The van der Waals surface area contributed by atoms with Crippen LogP contribution in [0.2, 0.25) is 0 Å². The molecule has 1 unspecified atom stereocenters. The lowest BCUT2D eigenvalue weighted by Gasteiger charge is -2.27. The number of nitrogens with two attached hydrogens (primary N) is 1. The third-order valence-electron chi connectivity index (χ3n) is 10.5. The number of guanidine groups is 1. The molecule has 1 aliphatic rings. The van der Waals surface area contributed by atoms with E-state index in [1.54, 1.807) is 38.1 Å². The van der Waals surface area contributed by atoms with Crippen LogP contribution in [0, 0.1) is 11.3 Å². The van der Waals surface area contributed by atoms with Gasteiger partial charge >= 0.3 is 29.8 Å². The van der Waals surface area contributed by atoms with E-state index in [1.165, 1.54) is 9.80 Å². The fourth-order valence-electron chi connectivity index (χ4n) is 6.99. The van der Waals surface area contributed by atoms with Gasteiger partial charge in [-0.25, -0.2) is 0 Å². The quantitative estimate of drug-likeness (QED) is 0.0195. The van der Waals surface area contributed by atoms with E-state index in [1.807, 2.05) is 0 Å². The molecule has 0 bridgehead atoms. The molecule has 6 amide bonds. The summed E-state index contributed by atoms with van der Waals surface area (Å²) in [6.45, 7) is -0.0247. The second kappa shape index (κ2) is 31.5. The number of carbonyl (C=O) groups excluding carboxylic acids is 6. The minimum Gasteiger partial charge on any atom is -0.494 e. The molecule has 400 valence electrons. The van der Waals surface area contributed by atoms with Gasteiger partial charge in [-0.3, -0.25) is 72.8 Å². The van der Waals surface area contributed by atoms with Gasteiger partial charge in [0.05, 0.1) is 52.3 Å². The molecule has 1 fully saturated rings. The van der Waals surface area contributed by atoms with Crippen molar-refractivity contribution in [3.05, 3.63) is 29.8 Å². The number of benzene rings is 1. The van der Waals surface area contributed by atoms with Crippen molar-refractivity contribution in [3.8, 4) is 5.75 Å². The first kappa shape index (κ1) is 60.5. The molecule has 1 aliphatic heterocycles. The largest absolute Gasteiger partial charge is 0.494 e. The maximum atomic E-state index is 13.9. The number of hydrogen-bond donors (Lipinski definition) is 14. The van der Waals surface area contributed by atoms with Crippen molar-refractivity contribution >= 4 is 71.2 Å². The van der Waals surface area contributed by atoms with Gasteiger partial charge < -0.3 is 73.2 Å². The van der Waals surface area contributed by atoms with Crippen LogP contribution < -0.4 is 47.7 Å². The summed E-state index contributed by atoms with van der Waals surface area (Å²) in [5.74, 6) is -11.9. The van der Waals surface area contributed by atoms with Crippen molar-refractivity contribution in [2.45, 2.75) is 70.1 Å². The number of nitrogens with one attached hydrogen (secondary N) is 8. The standard InChI is InChI=1S/C43H66N12O17/c1-25(2)38-42(71)50-28(5-3-10-47-43(44)45)39(68)48-19-31(56)49-30(18-33(58)59)40(69)51-29(41(70)52-38)17-26-6-8-27(9-7-26)72-16-4-11-46-32(57)20-54(22-35(62)63)14-12-53(21-34(60)61)13-15-55(23-36(64)65)24-37(66)67/h6-9,25,28-30,38H,3-5,10-24H2,1-2H3,(H,46,57)(H,48,68)(H,49,56)(H,50,71)(H,51,69)(H,52,70)(H,58,59)(H,60,61)(H,62,63)(H,64,65)(H,66,67)(H4,44,45,47)/t28-,29+,30-,38?/m0/s1. The van der Waals surface area contributed by atoms with E-state index in [-0.39, 0.29) is 84.1 Å². The Morgan fingerprint density at radius 2 is 1.17 bits per heavy atom. The summed E-state index contributed by atoms with van der Waals surface area (Å²) in [5.41, 5.74) is 5.80. The SMILES string of the molecule is CC(C)C1NC(=O)[C@@H](Cc2ccc(OCCCNC(=O)CN(CCN(CCN(CC(=O)O)CC(=O)O)CC(=O)O)CC(=O)O)cc2)NC(=O)[C@H](CC(=O)O)NC(=O)CNC(=O)[C@H](CCCNC(=N)N)NC1=O. The molecule has 0 radical (unpaired) electrons. The van der Waals surface area contributed by atoms with Crippen LogP contribution in [0.1, 0.15) is 45.1 Å².